The number of amides is 2. The first-order chi connectivity index (χ1) is 19.7. The summed E-state index contributed by atoms with van der Waals surface area (Å²) in [5.74, 6) is -3.65. The van der Waals surface area contributed by atoms with Gasteiger partial charge in [-0.15, -0.1) is 0 Å². The fraction of sp³-hybridized carbons (Fsp3) is 0.467. The first-order valence-corrected chi connectivity index (χ1v) is 13.5. The van der Waals surface area contributed by atoms with E-state index in [9.17, 15) is 42.6 Å². The number of alkyl halides is 3. The molecule has 0 aliphatic carbocycles. The number of nitrogens with one attached hydrogen (secondary N) is 2. The van der Waals surface area contributed by atoms with E-state index < -0.39 is 60.8 Å². The molecule has 42 heavy (non-hydrogen) atoms. The standard InChI is InChI=1S/C30H37F3N2O7/c1-18(2)15-24(28(40)34-23-13-11-21(12-14-23)29(41)42-3)35-27(39)22(17-26(37)38)6-4-5-19-7-9-20(10-8-19)16-25(36)30(31,32)33/h7-14,18,22,24-25,36H,4-6,15-17H2,1-3H3,(H,34,40)(H,35,39)(H,37,38). The lowest BCUT2D eigenvalue weighted by Crippen LogP contribution is -2.47. The van der Waals surface area contributed by atoms with Crippen molar-refractivity contribution in [3.63, 3.8) is 0 Å². The van der Waals surface area contributed by atoms with Gasteiger partial charge in [0.05, 0.1) is 19.1 Å². The molecule has 0 aliphatic rings. The fourth-order valence-electron chi connectivity index (χ4n) is 4.30. The maximum atomic E-state index is 13.1. The number of aliphatic hydroxyl groups excluding tert-OH is 1. The molecule has 0 fully saturated rings. The Bertz CT molecular complexity index is 1200. The smallest absolute Gasteiger partial charge is 0.414 e. The number of hydrogen-bond donors (Lipinski definition) is 4. The van der Waals surface area contributed by atoms with Crippen LogP contribution in [0.1, 0.15) is 61.0 Å². The summed E-state index contributed by atoms with van der Waals surface area (Å²) in [7, 11) is 1.25. The first kappa shape index (κ1) is 34.3. The second kappa shape index (κ2) is 15.9. The van der Waals surface area contributed by atoms with Crippen molar-refractivity contribution in [2.24, 2.45) is 11.8 Å². The van der Waals surface area contributed by atoms with Crippen molar-refractivity contribution in [2.75, 3.05) is 12.4 Å². The third-order valence-electron chi connectivity index (χ3n) is 6.55. The van der Waals surface area contributed by atoms with Gasteiger partial charge >= 0.3 is 18.1 Å². The van der Waals surface area contributed by atoms with Crippen LogP contribution >= 0.6 is 0 Å². The third kappa shape index (κ3) is 11.5. The van der Waals surface area contributed by atoms with Gasteiger partial charge in [0.1, 0.15) is 6.04 Å². The maximum Gasteiger partial charge on any atom is 0.414 e. The zero-order chi connectivity index (χ0) is 31.4. The summed E-state index contributed by atoms with van der Waals surface area (Å²) in [6.45, 7) is 3.75. The minimum Gasteiger partial charge on any atom is -0.481 e. The Kier molecular flexibility index (Phi) is 13.0. The molecular weight excluding hydrogens is 557 g/mol. The van der Waals surface area contributed by atoms with Crippen LogP contribution in [0.5, 0.6) is 0 Å². The van der Waals surface area contributed by atoms with Gasteiger partial charge < -0.3 is 25.6 Å². The lowest BCUT2D eigenvalue weighted by molar-refractivity contribution is -0.203. The highest BCUT2D eigenvalue weighted by atomic mass is 19.4. The Labute approximate surface area is 242 Å². The number of halogens is 3. The van der Waals surface area contributed by atoms with Crippen LogP contribution in [0.3, 0.4) is 0 Å². The highest BCUT2D eigenvalue weighted by Crippen LogP contribution is 2.23. The minimum atomic E-state index is -4.70. The van der Waals surface area contributed by atoms with E-state index in [0.717, 1.165) is 5.56 Å². The highest BCUT2D eigenvalue weighted by Gasteiger charge is 2.38. The molecule has 0 heterocycles. The van der Waals surface area contributed by atoms with E-state index in [2.05, 4.69) is 15.4 Å². The number of hydrogen-bond acceptors (Lipinski definition) is 6. The van der Waals surface area contributed by atoms with Crippen LogP contribution in [-0.2, 0) is 32.0 Å². The van der Waals surface area contributed by atoms with E-state index in [1.165, 1.54) is 43.5 Å². The van der Waals surface area contributed by atoms with Crippen molar-refractivity contribution >= 4 is 29.4 Å². The van der Waals surface area contributed by atoms with Crippen molar-refractivity contribution < 1.29 is 47.3 Å². The second-order valence-electron chi connectivity index (χ2n) is 10.5. The summed E-state index contributed by atoms with van der Waals surface area (Å²) in [5.41, 5.74) is 1.80. The Balaban J connectivity index is 2.01. The SMILES string of the molecule is COC(=O)c1ccc(NC(=O)C(CC(C)C)NC(=O)C(CCCc2ccc(CC(O)C(F)(F)F)cc2)CC(=O)O)cc1. The Morgan fingerprint density at radius 3 is 2.05 bits per heavy atom. The molecule has 9 nitrogen and oxygen atoms in total. The summed E-state index contributed by atoms with van der Waals surface area (Å²) in [6, 6.07) is 11.3. The summed E-state index contributed by atoms with van der Waals surface area (Å²) >= 11 is 0. The number of methoxy groups -OCH3 is 1. The van der Waals surface area contributed by atoms with Crippen LogP contribution in [0.15, 0.2) is 48.5 Å². The number of carboxylic acids is 1. The van der Waals surface area contributed by atoms with E-state index >= 15 is 0 Å². The van der Waals surface area contributed by atoms with E-state index in [1.54, 1.807) is 12.1 Å². The number of aliphatic carboxylic acids is 1. The van der Waals surface area contributed by atoms with Gasteiger partial charge in [0, 0.05) is 18.0 Å². The summed E-state index contributed by atoms with van der Waals surface area (Å²) in [6.07, 6.45) is -6.78. The van der Waals surface area contributed by atoms with E-state index in [-0.39, 0.29) is 12.3 Å². The molecule has 4 N–H and O–H groups in total. The molecule has 230 valence electrons. The Morgan fingerprint density at radius 2 is 1.52 bits per heavy atom. The molecule has 0 spiro atoms. The molecule has 0 bridgehead atoms. The van der Waals surface area contributed by atoms with Crippen molar-refractivity contribution in [1.29, 1.82) is 0 Å². The van der Waals surface area contributed by atoms with Gasteiger partial charge in [-0.3, -0.25) is 14.4 Å². The molecule has 0 saturated heterocycles. The third-order valence-corrected chi connectivity index (χ3v) is 6.55. The molecule has 2 amide bonds. The number of aryl methyl sites for hydroxylation is 1. The Morgan fingerprint density at radius 1 is 0.929 bits per heavy atom. The normalized spacial score (nSPS) is 13.6. The average molecular weight is 595 g/mol. The molecule has 2 aromatic rings. The van der Waals surface area contributed by atoms with Gasteiger partial charge in [0.25, 0.3) is 0 Å². The predicted octanol–water partition coefficient (Wildman–Crippen LogP) is 4.52. The monoisotopic (exact) mass is 594 g/mol. The molecule has 2 aromatic carbocycles. The summed E-state index contributed by atoms with van der Waals surface area (Å²) in [4.78, 5) is 49.3. The number of rotatable bonds is 15. The van der Waals surface area contributed by atoms with E-state index in [4.69, 9.17) is 0 Å². The molecule has 0 aliphatic heterocycles. The number of carboxylic acid groups (broad SMARTS) is 1. The van der Waals surface area contributed by atoms with Gasteiger partial charge in [-0.2, -0.15) is 13.2 Å². The fourth-order valence-corrected chi connectivity index (χ4v) is 4.30. The number of ether oxygens (including phenoxy) is 1. The number of carbonyl (C=O) groups is 4. The van der Waals surface area contributed by atoms with Gasteiger partial charge in [0.15, 0.2) is 6.10 Å². The van der Waals surface area contributed by atoms with Crippen molar-refractivity contribution in [2.45, 2.75) is 70.7 Å². The van der Waals surface area contributed by atoms with Gasteiger partial charge in [-0.25, -0.2) is 4.79 Å². The maximum absolute atomic E-state index is 13.1. The first-order valence-electron chi connectivity index (χ1n) is 13.5. The molecule has 0 saturated carbocycles. The minimum absolute atomic E-state index is 0.0286. The average Bonchev–Trinajstić information content (AvgIpc) is 2.92. The van der Waals surface area contributed by atoms with Gasteiger partial charge in [0.2, 0.25) is 11.8 Å². The molecule has 12 heteroatoms. The lowest BCUT2D eigenvalue weighted by Gasteiger charge is -2.23. The van der Waals surface area contributed by atoms with Crippen LogP contribution in [0.4, 0.5) is 18.9 Å². The number of anilines is 1. The van der Waals surface area contributed by atoms with Crippen molar-refractivity contribution in [3.05, 3.63) is 65.2 Å². The predicted molar refractivity (Wildman–Crippen MR) is 149 cm³/mol. The van der Waals surface area contributed by atoms with Crippen LogP contribution in [0.2, 0.25) is 0 Å². The summed E-state index contributed by atoms with van der Waals surface area (Å²) < 4.78 is 42.4. The zero-order valence-electron chi connectivity index (χ0n) is 23.7. The van der Waals surface area contributed by atoms with E-state index in [1.807, 2.05) is 13.8 Å². The Hall–Kier alpha value is -3.93. The molecule has 0 radical (unpaired) electrons. The molecular formula is C30H37F3N2O7. The molecule has 3 unspecified atom stereocenters. The number of benzene rings is 2. The van der Waals surface area contributed by atoms with Crippen molar-refractivity contribution in [1.82, 2.24) is 5.32 Å². The van der Waals surface area contributed by atoms with Crippen LogP contribution in [-0.4, -0.2) is 59.4 Å². The number of carbonyl (C=O) groups excluding carboxylic acids is 3. The molecule has 3 atom stereocenters. The van der Waals surface area contributed by atoms with E-state index in [0.29, 0.717) is 36.1 Å². The number of aliphatic hydroxyl groups is 1. The van der Waals surface area contributed by atoms with Crippen LogP contribution in [0.25, 0.3) is 0 Å². The second-order valence-corrected chi connectivity index (χ2v) is 10.5. The van der Waals surface area contributed by atoms with Crippen LogP contribution in [0, 0.1) is 11.8 Å². The molecule has 0 aromatic heterocycles. The van der Waals surface area contributed by atoms with Crippen molar-refractivity contribution in [3.8, 4) is 0 Å². The lowest BCUT2D eigenvalue weighted by atomic mass is 9.94. The zero-order valence-corrected chi connectivity index (χ0v) is 23.7. The highest BCUT2D eigenvalue weighted by molar-refractivity contribution is 5.98. The topological polar surface area (TPSA) is 142 Å². The number of esters is 1. The van der Waals surface area contributed by atoms with Gasteiger partial charge in [-0.1, -0.05) is 38.1 Å². The molecule has 2 rings (SSSR count). The largest absolute Gasteiger partial charge is 0.481 e. The summed E-state index contributed by atoms with van der Waals surface area (Å²) in [5, 5.41) is 24.0. The van der Waals surface area contributed by atoms with Crippen LogP contribution < -0.4 is 10.6 Å². The van der Waals surface area contributed by atoms with Gasteiger partial charge in [-0.05, 0) is 67.0 Å². The quantitative estimate of drug-likeness (QED) is 0.222.